The summed E-state index contributed by atoms with van der Waals surface area (Å²) in [5.41, 5.74) is 1.39. The summed E-state index contributed by atoms with van der Waals surface area (Å²) in [6.45, 7) is 10.4. The Morgan fingerprint density at radius 2 is 1.84 bits per heavy atom. The second kappa shape index (κ2) is 9.11. The lowest BCUT2D eigenvalue weighted by Crippen LogP contribution is -2.35. The largest absolute Gasteiger partial charge is 0.313 e. The zero-order chi connectivity index (χ0) is 14.1. The van der Waals surface area contributed by atoms with Gasteiger partial charge in [0.05, 0.1) is 0 Å². The van der Waals surface area contributed by atoms with Gasteiger partial charge in [0.2, 0.25) is 0 Å². The first-order chi connectivity index (χ1) is 9.22. The fourth-order valence-corrected chi connectivity index (χ4v) is 2.71. The van der Waals surface area contributed by atoms with Gasteiger partial charge in [-0.25, -0.2) is 0 Å². The normalized spacial score (nSPS) is 14.6. The molecule has 2 atom stereocenters. The van der Waals surface area contributed by atoms with Gasteiger partial charge in [-0.05, 0) is 38.0 Å². The van der Waals surface area contributed by atoms with E-state index in [0.29, 0.717) is 12.0 Å². The number of nitrogens with zero attached hydrogens (tertiary/aromatic N) is 1. The molecule has 1 aromatic carbocycles. The van der Waals surface area contributed by atoms with E-state index in [9.17, 15) is 0 Å². The van der Waals surface area contributed by atoms with Crippen LogP contribution >= 0.6 is 0 Å². The Hall–Kier alpha value is -0.860. The van der Waals surface area contributed by atoms with E-state index in [2.05, 4.69) is 68.4 Å². The van der Waals surface area contributed by atoms with Gasteiger partial charge < -0.3 is 10.2 Å². The molecule has 0 saturated carbocycles. The van der Waals surface area contributed by atoms with Crippen LogP contribution in [0.5, 0.6) is 0 Å². The third kappa shape index (κ3) is 5.33. The Kier molecular flexibility index (Phi) is 7.76. The monoisotopic (exact) mass is 262 g/mol. The van der Waals surface area contributed by atoms with Crippen molar-refractivity contribution in [1.29, 1.82) is 0 Å². The minimum Gasteiger partial charge on any atom is -0.313 e. The van der Waals surface area contributed by atoms with Gasteiger partial charge in [-0.1, -0.05) is 57.5 Å². The van der Waals surface area contributed by atoms with Crippen LogP contribution in [0.1, 0.15) is 45.2 Å². The van der Waals surface area contributed by atoms with Gasteiger partial charge in [0, 0.05) is 12.6 Å². The van der Waals surface area contributed by atoms with Crippen molar-refractivity contribution >= 4 is 0 Å². The Labute approximate surface area is 119 Å². The maximum atomic E-state index is 3.48. The zero-order valence-electron chi connectivity index (χ0n) is 13.0. The Bertz CT molecular complexity index is 323. The molecule has 0 saturated heterocycles. The topological polar surface area (TPSA) is 15.3 Å². The average Bonchev–Trinajstić information content (AvgIpc) is 2.45. The van der Waals surface area contributed by atoms with Gasteiger partial charge in [-0.2, -0.15) is 0 Å². The summed E-state index contributed by atoms with van der Waals surface area (Å²) in [6.07, 6.45) is 2.58. The highest BCUT2D eigenvalue weighted by molar-refractivity contribution is 5.19. The molecule has 0 bridgehead atoms. The lowest BCUT2D eigenvalue weighted by molar-refractivity contribution is 0.220. The first-order valence-corrected chi connectivity index (χ1v) is 7.67. The van der Waals surface area contributed by atoms with Crippen LogP contribution < -0.4 is 5.32 Å². The minimum absolute atomic E-state index is 0.442. The number of benzene rings is 1. The molecule has 2 heteroatoms. The van der Waals surface area contributed by atoms with E-state index >= 15 is 0 Å². The van der Waals surface area contributed by atoms with Crippen molar-refractivity contribution in [2.24, 2.45) is 5.92 Å². The maximum absolute atomic E-state index is 3.48. The third-order valence-electron chi connectivity index (χ3n) is 3.86. The minimum atomic E-state index is 0.442. The van der Waals surface area contributed by atoms with Crippen molar-refractivity contribution in [3.8, 4) is 0 Å². The molecule has 1 N–H and O–H groups in total. The number of nitrogens with one attached hydrogen (secondary N) is 1. The van der Waals surface area contributed by atoms with Crippen LogP contribution in [0.3, 0.4) is 0 Å². The maximum Gasteiger partial charge on any atom is 0.0355 e. The van der Waals surface area contributed by atoms with Gasteiger partial charge in [0.15, 0.2) is 0 Å². The van der Waals surface area contributed by atoms with E-state index in [1.165, 1.54) is 24.9 Å². The first kappa shape index (κ1) is 16.2. The molecular weight excluding hydrogens is 232 g/mol. The molecule has 0 aliphatic heterocycles. The van der Waals surface area contributed by atoms with E-state index in [-0.39, 0.29) is 0 Å². The van der Waals surface area contributed by atoms with Crippen molar-refractivity contribution in [2.45, 2.75) is 39.7 Å². The van der Waals surface area contributed by atoms with Crippen molar-refractivity contribution in [3.63, 3.8) is 0 Å². The first-order valence-electron chi connectivity index (χ1n) is 7.67. The summed E-state index contributed by atoms with van der Waals surface area (Å²) in [5, 5.41) is 3.48. The average molecular weight is 262 g/mol. The van der Waals surface area contributed by atoms with Crippen molar-refractivity contribution in [3.05, 3.63) is 35.9 Å². The van der Waals surface area contributed by atoms with E-state index < -0.39 is 0 Å². The molecule has 19 heavy (non-hydrogen) atoms. The summed E-state index contributed by atoms with van der Waals surface area (Å²) in [4.78, 5) is 2.57. The van der Waals surface area contributed by atoms with Gasteiger partial charge in [0.1, 0.15) is 0 Å². The molecule has 108 valence electrons. The van der Waals surface area contributed by atoms with Crippen molar-refractivity contribution in [2.75, 3.05) is 26.7 Å². The molecule has 0 spiro atoms. The Morgan fingerprint density at radius 3 is 2.37 bits per heavy atom. The molecule has 2 nitrogen and oxygen atoms in total. The summed E-state index contributed by atoms with van der Waals surface area (Å²) in [6, 6.07) is 11.2. The number of hydrogen-bond donors (Lipinski definition) is 1. The van der Waals surface area contributed by atoms with Crippen molar-refractivity contribution in [1.82, 2.24) is 10.2 Å². The van der Waals surface area contributed by atoms with Crippen molar-refractivity contribution < 1.29 is 0 Å². The fourth-order valence-electron chi connectivity index (χ4n) is 2.71. The molecule has 0 heterocycles. The zero-order valence-corrected chi connectivity index (χ0v) is 13.0. The molecule has 1 aromatic rings. The quantitative estimate of drug-likeness (QED) is 0.730. The van der Waals surface area contributed by atoms with Crippen LogP contribution in [0.4, 0.5) is 0 Å². The van der Waals surface area contributed by atoms with Gasteiger partial charge in [0.25, 0.3) is 0 Å². The molecule has 0 fully saturated rings. The van der Waals surface area contributed by atoms with E-state index in [0.717, 1.165) is 13.1 Å². The van der Waals surface area contributed by atoms with Crippen LogP contribution in [-0.4, -0.2) is 31.6 Å². The Morgan fingerprint density at radius 1 is 1.16 bits per heavy atom. The predicted octanol–water partition coefficient (Wildman–Crippen LogP) is 3.71. The number of rotatable bonds is 9. The van der Waals surface area contributed by atoms with Crippen LogP contribution in [0.15, 0.2) is 30.3 Å². The fraction of sp³-hybridized carbons (Fsp3) is 0.647. The summed E-state index contributed by atoms with van der Waals surface area (Å²) in [7, 11) is 2.07. The number of unbranched alkanes of at least 4 members (excludes halogenated alkanes) is 1. The smallest absolute Gasteiger partial charge is 0.0355 e. The molecule has 0 aliphatic rings. The van der Waals surface area contributed by atoms with Crippen LogP contribution in [0.2, 0.25) is 0 Å². The molecule has 0 aromatic heterocycles. The molecule has 0 radical (unpaired) electrons. The lowest BCUT2D eigenvalue weighted by atomic mass is 9.94. The van der Waals surface area contributed by atoms with Crippen LogP contribution in [0, 0.1) is 5.92 Å². The molecule has 0 aliphatic carbocycles. The second-order valence-electron chi connectivity index (χ2n) is 5.40. The molecule has 1 rings (SSSR count). The predicted molar refractivity (Wildman–Crippen MR) is 84.4 cm³/mol. The van der Waals surface area contributed by atoms with Crippen LogP contribution in [0.25, 0.3) is 0 Å². The summed E-state index contributed by atoms with van der Waals surface area (Å²) in [5.74, 6) is 0.615. The summed E-state index contributed by atoms with van der Waals surface area (Å²) < 4.78 is 0. The van der Waals surface area contributed by atoms with E-state index in [4.69, 9.17) is 0 Å². The van der Waals surface area contributed by atoms with Crippen LogP contribution in [-0.2, 0) is 0 Å². The molecular formula is C17H30N2. The van der Waals surface area contributed by atoms with Gasteiger partial charge in [-0.15, -0.1) is 0 Å². The Balaban J connectivity index is 2.60. The van der Waals surface area contributed by atoms with E-state index in [1.54, 1.807) is 0 Å². The SMILES string of the molecule is CCCCN(CC)CC(C)C(NC)c1ccccc1. The molecule has 2 unspecified atom stereocenters. The number of hydrogen-bond acceptors (Lipinski definition) is 2. The second-order valence-corrected chi connectivity index (χ2v) is 5.40. The summed E-state index contributed by atoms with van der Waals surface area (Å²) >= 11 is 0. The van der Waals surface area contributed by atoms with Gasteiger partial charge in [-0.3, -0.25) is 0 Å². The van der Waals surface area contributed by atoms with Gasteiger partial charge >= 0.3 is 0 Å². The highest BCUT2D eigenvalue weighted by Gasteiger charge is 2.19. The lowest BCUT2D eigenvalue weighted by Gasteiger charge is -2.30. The standard InChI is InChI=1S/C17H30N2/c1-5-7-13-19(6-2)14-15(3)17(18-4)16-11-9-8-10-12-16/h8-12,15,17-18H,5-7,13-14H2,1-4H3. The van der Waals surface area contributed by atoms with E-state index in [1.807, 2.05) is 0 Å². The molecule has 0 amide bonds. The highest BCUT2D eigenvalue weighted by atomic mass is 15.1. The third-order valence-corrected chi connectivity index (χ3v) is 3.86. The highest BCUT2D eigenvalue weighted by Crippen LogP contribution is 2.22.